The summed E-state index contributed by atoms with van der Waals surface area (Å²) in [7, 11) is 5.86. The molecule has 0 unspecified atom stereocenters. The third kappa shape index (κ3) is 39.6. The Balaban J connectivity index is -0.000000675. The summed E-state index contributed by atoms with van der Waals surface area (Å²) in [5.74, 6) is 0.0983. The van der Waals surface area contributed by atoms with Crippen LogP contribution in [0.5, 0.6) is 46.0 Å². The van der Waals surface area contributed by atoms with E-state index in [1.807, 2.05) is 121 Å². The fraction of sp³-hybridized carbons (Fsp3) is 0.133. The quantitative estimate of drug-likeness (QED) is 0.0337. The van der Waals surface area contributed by atoms with Gasteiger partial charge in [0.15, 0.2) is 0 Å². The molecule has 0 saturated carbocycles. The SMILES string of the molecule is COc1cccc(C=N[C@@H](c2ccccc2)[C@@H](N=Cc2cccc(OC)c2[O-])c2ccccc2)c1[O-].COc1cccc(C=N[C@@H](c2ccccc2)[C@@H](N=Cc2cccc(OC)c2[O-])c2ccccc2)c1[O-].O=[N+]([O-])[O-].O=[N+]([O-])[O-].O=[N+]([O-])[O-].O=[N+]([O-])[O-].O=[N+]([O-])[O-].O=[N+]([O-])[O-].[Eu+3].[Eu+3].[Ni+2].[Ni+2]. The molecule has 8 rings (SSSR count). The first kappa shape index (κ1) is 96.6. The van der Waals surface area contributed by atoms with Gasteiger partial charge in [0.2, 0.25) is 0 Å². The molecular weight excluding hydrogens is 1700 g/mol. The Labute approximate surface area is 668 Å². The minimum Gasteiger partial charge on any atom is -0.870 e. The number of hydrogen-bond donors (Lipinski definition) is 0. The Morgan fingerprint density at radius 3 is 0.540 bits per heavy atom. The second-order valence-electron chi connectivity index (χ2n) is 17.4. The third-order valence-electron chi connectivity index (χ3n) is 11.6. The summed E-state index contributed by atoms with van der Waals surface area (Å²) in [5.41, 5.74) is 5.35. The molecule has 0 aliphatic carbocycles. The van der Waals surface area contributed by atoms with E-state index in [4.69, 9.17) is 131 Å². The molecule has 100 heavy (non-hydrogen) atoms. The van der Waals surface area contributed by atoms with Crippen molar-refractivity contribution in [2.45, 2.75) is 24.2 Å². The summed E-state index contributed by atoms with van der Waals surface area (Å²) in [6, 6.07) is 57.5. The van der Waals surface area contributed by atoms with E-state index in [1.54, 1.807) is 97.7 Å². The zero-order valence-corrected chi connectivity index (χ0v) is 58.4. The van der Waals surface area contributed by atoms with Gasteiger partial charge in [0, 0.05) is 24.9 Å². The predicted molar refractivity (Wildman–Crippen MR) is 339 cm³/mol. The minimum atomic E-state index is -1.75. The van der Waals surface area contributed by atoms with Crippen LogP contribution in [0, 0.1) is 191 Å². The van der Waals surface area contributed by atoms with Gasteiger partial charge in [0.1, 0.15) is 47.2 Å². The van der Waals surface area contributed by atoms with Crippen LogP contribution < -0.4 is 39.4 Å². The summed E-state index contributed by atoms with van der Waals surface area (Å²) in [4.78, 5) is 68.9. The topological polar surface area (TPSA) is 576 Å². The molecule has 0 aliphatic heterocycles. The van der Waals surface area contributed by atoms with Crippen LogP contribution in [0.1, 0.15) is 68.7 Å². The van der Waals surface area contributed by atoms with Crippen LogP contribution >= 0.6 is 0 Å². The van der Waals surface area contributed by atoms with Crippen LogP contribution in [-0.4, -0.2) is 83.8 Å². The smallest absolute Gasteiger partial charge is 0.870 e. The molecule has 0 radical (unpaired) electrons. The standard InChI is InChI=1S/2C30H28N2O4.2Eu.6NO3.2Ni/c2*1-35-25-17-9-15-23(29(25)33)19-31-27(21-11-5-3-6-12-21)28(22-13-7-4-8-14-22)32-20-24-16-10-18-26(36-2)30(24)34;;;6*2-1(3)4;;/h2*3-20,27-28,33-34H,1-2H3;;;;;;;;;;/q;;2*+3;6*-1;2*+2/p-4/t2*27-,28-;;;;;;;;;;/m00........../s1. The molecule has 0 amide bonds. The zero-order valence-electron chi connectivity index (χ0n) is 51.6. The maximum Gasteiger partial charge on any atom is 3.00 e. The van der Waals surface area contributed by atoms with E-state index < -0.39 is 54.7 Å². The molecule has 0 heterocycles. The van der Waals surface area contributed by atoms with Gasteiger partial charge in [-0.05, 0) is 68.8 Å². The summed E-state index contributed by atoms with van der Waals surface area (Å²) in [5, 5.41) is 139. The maximum absolute atomic E-state index is 12.7. The van der Waals surface area contributed by atoms with Gasteiger partial charge < -0.3 is 131 Å². The number of hydrogen-bond acceptors (Lipinski definition) is 30. The van der Waals surface area contributed by atoms with E-state index >= 15 is 0 Å². The van der Waals surface area contributed by atoms with Crippen LogP contribution in [-0.2, 0) is 33.0 Å². The molecule has 36 nitrogen and oxygen atoms in total. The monoisotopic (exact) mass is 1750 g/mol. The van der Waals surface area contributed by atoms with Gasteiger partial charge >= 0.3 is 132 Å². The number of rotatable bonds is 18. The van der Waals surface area contributed by atoms with Gasteiger partial charge in [-0.1, -0.05) is 193 Å². The van der Waals surface area contributed by atoms with Crippen molar-refractivity contribution >= 4 is 24.9 Å². The molecule has 40 heteroatoms. The van der Waals surface area contributed by atoms with Crippen LogP contribution in [0.2, 0.25) is 0 Å². The van der Waals surface area contributed by atoms with E-state index in [0.717, 1.165) is 22.3 Å². The maximum atomic E-state index is 12.7. The molecule has 4 atom stereocenters. The van der Waals surface area contributed by atoms with Crippen LogP contribution in [0.3, 0.4) is 0 Å². The molecule has 8 aromatic carbocycles. The van der Waals surface area contributed by atoms with E-state index in [1.165, 1.54) is 28.4 Å². The number of para-hydroxylation sites is 4. The van der Waals surface area contributed by atoms with Gasteiger partial charge in [-0.2, -0.15) is 0 Å². The first-order chi connectivity index (χ1) is 45.6. The molecule has 0 saturated heterocycles. The van der Waals surface area contributed by atoms with E-state index in [9.17, 15) is 20.4 Å². The Hall–Kier alpha value is -9.80. The number of aliphatic imine (C=N–C) groups is 4. The predicted octanol–water partition coefficient (Wildman–Crippen LogP) is 8.30. The van der Waals surface area contributed by atoms with Crippen LogP contribution in [0.4, 0.5) is 0 Å². The zero-order chi connectivity index (χ0) is 72.1. The summed E-state index contributed by atoms with van der Waals surface area (Å²) < 4.78 is 20.7. The fourth-order valence-electron chi connectivity index (χ4n) is 7.82. The van der Waals surface area contributed by atoms with E-state index in [2.05, 4.69) is 0 Å². The van der Waals surface area contributed by atoms with Crippen molar-refractivity contribution in [1.82, 2.24) is 0 Å². The molecule has 532 valence electrons. The first-order valence-electron chi connectivity index (χ1n) is 26.2. The molecule has 0 fully saturated rings. The van der Waals surface area contributed by atoms with Gasteiger partial charge in [0.25, 0.3) is 0 Å². The van der Waals surface area contributed by atoms with Gasteiger partial charge in [0.05, 0.1) is 59.0 Å². The molecule has 0 aromatic heterocycles. The summed E-state index contributed by atoms with van der Waals surface area (Å²) >= 11 is 0. The Kier molecular flexibility index (Phi) is 53.2. The Bertz CT molecular complexity index is 3300. The van der Waals surface area contributed by atoms with Crippen LogP contribution in [0.25, 0.3) is 0 Å². The summed E-state index contributed by atoms with van der Waals surface area (Å²) in [6.45, 7) is 0. The molecule has 8 aromatic rings. The number of ether oxygens (including phenoxy) is 4. The number of methoxy groups -OCH3 is 4. The number of benzene rings is 8. The second kappa shape index (κ2) is 55.1. The fourth-order valence-corrected chi connectivity index (χ4v) is 7.82. The van der Waals surface area contributed by atoms with Crippen molar-refractivity contribution in [2.75, 3.05) is 28.4 Å². The Morgan fingerprint density at radius 1 is 0.270 bits per heavy atom. The summed E-state index contributed by atoms with van der Waals surface area (Å²) in [6.07, 6.45) is 6.27. The molecule has 0 aliphatic rings. The van der Waals surface area contributed by atoms with Crippen molar-refractivity contribution in [1.29, 1.82) is 0 Å². The van der Waals surface area contributed by atoms with Gasteiger partial charge in [-0.25, -0.2) is 0 Å². The van der Waals surface area contributed by atoms with Crippen molar-refractivity contribution in [3.63, 3.8) is 0 Å². The molecular formula is C60H52Eu2N10Ni2O26. The van der Waals surface area contributed by atoms with Gasteiger partial charge in [-0.15, -0.1) is 0 Å². The van der Waals surface area contributed by atoms with Crippen molar-refractivity contribution in [3.8, 4) is 46.0 Å². The minimum absolute atomic E-state index is 0. The number of nitrogens with zero attached hydrogens (tertiary/aromatic N) is 10. The van der Waals surface area contributed by atoms with Crippen LogP contribution in [0.15, 0.2) is 214 Å². The second-order valence-corrected chi connectivity index (χ2v) is 17.4. The first-order valence-corrected chi connectivity index (χ1v) is 26.2. The molecule has 0 N–H and O–H groups in total. The average Bonchev–Trinajstić information content (AvgIpc) is 0.852. The molecule has 0 bridgehead atoms. The largest absolute Gasteiger partial charge is 3.00 e. The van der Waals surface area contributed by atoms with E-state index in [0.29, 0.717) is 22.3 Å². The van der Waals surface area contributed by atoms with Crippen molar-refractivity contribution in [3.05, 3.63) is 331 Å². The molecule has 0 spiro atoms. The van der Waals surface area contributed by atoms with E-state index in [-0.39, 0.29) is 178 Å². The van der Waals surface area contributed by atoms with Crippen molar-refractivity contribution < 1.29 is 202 Å². The Morgan fingerprint density at radius 2 is 0.410 bits per heavy atom. The van der Waals surface area contributed by atoms with Crippen molar-refractivity contribution in [2.24, 2.45) is 20.0 Å². The normalized spacial score (nSPS) is 10.8. The average molecular weight is 1750 g/mol. The van der Waals surface area contributed by atoms with Gasteiger partial charge in [-0.3, -0.25) is 20.0 Å². The third-order valence-corrected chi connectivity index (χ3v) is 11.6.